The highest BCUT2D eigenvalue weighted by molar-refractivity contribution is 5.73. The molecule has 0 aliphatic heterocycles. The molecule has 0 spiro atoms. The summed E-state index contributed by atoms with van der Waals surface area (Å²) in [5.74, 6) is 0.205. The predicted octanol–water partition coefficient (Wildman–Crippen LogP) is 2.12. The van der Waals surface area contributed by atoms with Crippen molar-refractivity contribution in [2.75, 3.05) is 13.1 Å². The van der Waals surface area contributed by atoms with Gasteiger partial charge >= 0.3 is 6.03 Å². The fourth-order valence-corrected chi connectivity index (χ4v) is 2.26. The maximum absolute atomic E-state index is 11.7. The molecule has 2 rings (SSSR count). The van der Waals surface area contributed by atoms with Gasteiger partial charge in [0.2, 0.25) is 0 Å². The largest absolute Gasteiger partial charge is 0.393 e. The zero-order chi connectivity index (χ0) is 17.4. The molecule has 3 N–H and O–H groups in total. The highest BCUT2D eigenvalue weighted by atomic mass is 16.3. The summed E-state index contributed by atoms with van der Waals surface area (Å²) in [6.45, 7) is 4.93. The van der Waals surface area contributed by atoms with Gasteiger partial charge in [0, 0.05) is 19.3 Å². The molecule has 0 saturated heterocycles. The lowest BCUT2D eigenvalue weighted by Crippen LogP contribution is -2.38. The third-order valence-corrected chi connectivity index (χ3v) is 3.85. The number of para-hydroxylation sites is 1. The van der Waals surface area contributed by atoms with Crippen LogP contribution in [0, 0.1) is 5.92 Å². The summed E-state index contributed by atoms with van der Waals surface area (Å²) in [7, 11) is 0. The number of nitrogens with zero attached hydrogens (tertiary/aromatic N) is 2. The average Bonchev–Trinajstić information content (AvgIpc) is 3.04. The molecule has 0 bridgehead atoms. The Morgan fingerprint density at radius 2 is 1.92 bits per heavy atom. The van der Waals surface area contributed by atoms with Crippen molar-refractivity contribution < 1.29 is 9.90 Å². The molecule has 0 saturated carbocycles. The molecule has 6 nitrogen and oxygen atoms in total. The van der Waals surface area contributed by atoms with Crippen LogP contribution in [0.25, 0.3) is 5.69 Å². The van der Waals surface area contributed by atoms with E-state index in [1.807, 2.05) is 61.3 Å². The number of carbonyl (C=O) groups excluding carboxylic acids is 1. The van der Waals surface area contributed by atoms with Crippen molar-refractivity contribution >= 4 is 6.03 Å². The zero-order valence-corrected chi connectivity index (χ0v) is 14.3. The van der Waals surface area contributed by atoms with Gasteiger partial charge in [-0.3, -0.25) is 0 Å². The summed E-state index contributed by atoms with van der Waals surface area (Å²) in [4.78, 5) is 11.7. The quantitative estimate of drug-likeness (QED) is 0.694. The minimum absolute atomic E-state index is 0.205. The predicted molar refractivity (Wildman–Crippen MR) is 94.1 cm³/mol. The first-order valence-electron chi connectivity index (χ1n) is 8.35. The molecular formula is C18H26N4O2. The van der Waals surface area contributed by atoms with Crippen LogP contribution in [0.5, 0.6) is 0 Å². The van der Waals surface area contributed by atoms with Gasteiger partial charge in [-0.25, -0.2) is 9.48 Å². The van der Waals surface area contributed by atoms with E-state index in [1.165, 1.54) is 0 Å². The number of hydrogen-bond donors (Lipinski definition) is 3. The van der Waals surface area contributed by atoms with Gasteiger partial charge in [0.1, 0.15) is 0 Å². The Hall–Kier alpha value is -2.34. The number of urea groups is 1. The van der Waals surface area contributed by atoms with E-state index in [-0.39, 0.29) is 18.1 Å². The highest BCUT2D eigenvalue weighted by Gasteiger charge is 2.09. The molecule has 1 heterocycles. The molecule has 2 aromatic rings. The second kappa shape index (κ2) is 9.08. The summed E-state index contributed by atoms with van der Waals surface area (Å²) in [5.41, 5.74) is 2.08. The zero-order valence-electron chi connectivity index (χ0n) is 14.3. The first kappa shape index (κ1) is 18.0. The lowest BCUT2D eigenvalue weighted by atomic mass is 10.0. The summed E-state index contributed by atoms with van der Waals surface area (Å²) in [6.07, 6.45) is 4.68. The van der Waals surface area contributed by atoms with E-state index >= 15 is 0 Å². The Labute approximate surface area is 142 Å². The molecule has 1 aromatic carbocycles. The van der Waals surface area contributed by atoms with E-state index in [0.29, 0.717) is 19.5 Å². The van der Waals surface area contributed by atoms with Gasteiger partial charge in [-0.05, 0) is 36.5 Å². The van der Waals surface area contributed by atoms with Crippen molar-refractivity contribution in [3.8, 4) is 5.69 Å². The molecule has 130 valence electrons. The van der Waals surface area contributed by atoms with E-state index in [1.54, 1.807) is 0 Å². The average molecular weight is 330 g/mol. The van der Waals surface area contributed by atoms with E-state index in [9.17, 15) is 9.90 Å². The maximum Gasteiger partial charge on any atom is 0.314 e. The second-order valence-corrected chi connectivity index (χ2v) is 6.16. The van der Waals surface area contributed by atoms with Crippen LogP contribution in [-0.4, -0.2) is 40.1 Å². The van der Waals surface area contributed by atoms with Crippen molar-refractivity contribution in [2.45, 2.75) is 32.8 Å². The molecular weight excluding hydrogens is 304 g/mol. The summed E-state index contributed by atoms with van der Waals surface area (Å²) < 4.78 is 1.82. The lowest BCUT2D eigenvalue weighted by Gasteiger charge is -2.14. The lowest BCUT2D eigenvalue weighted by molar-refractivity contribution is 0.116. The molecule has 1 aromatic heterocycles. The van der Waals surface area contributed by atoms with Crippen LogP contribution in [0.1, 0.15) is 25.8 Å². The Bertz CT molecular complexity index is 625. The molecule has 1 unspecified atom stereocenters. The molecule has 0 aliphatic rings. The van der Waals surface area contributed by atoms with Crippen LogP contribution < -0.4 is 10.6 Å². The Morgan fingerprint density at radius 3 is 2.62 bits per heavy atom. The summed E-state index contributed by atoms with van der Waals surface area (Å²) in [6, 6.07) is 9.69. The van der Waals surface area contributed by atoms with Crippen molar-refractivity contribution in [2.24, 2.45) is 5.92 Å². The van der Waals surface area contributed by atoms with Gasteiger partial charge in [0.15, 0.2) is 0 Å². The van der Waals surface area contributed by atoms with Crippen molar-refractivity contribution in [1.29, 1.82) is 0 Å². The smallest absolute Gasteiger partial charge is 0.314 e. The number of benzene rings is 1. The van der Waals surface area contributed by atoms with Gasteiger partial charge in [-0.2, -0.15) is 5.10 Å². The van der Waals surface area contributed by atoms with Crippen molar-refractivity contribution in [3.05, 3.63) is 48.3 Å². The third kappa shape index (κ3) is 5.70. The van der Waals surface area contributed by atoms with Crippen molar-refractivity contribution in [1.82, 2.24) is 20.4 Å². The van der Waals surface area contributed by atoms with Gasteiger partial charge in [0.05, 0.1) is 18.0 Å². The van der Waals surface area contributed by atoms with Gasteiger partial charge in [0.25, 0.3) is 0 Å². The van der Waals surface area contributed by atoms with E-state index < -0.39 is 0 Å². The number of amides is 2. The van der Waals surface area contributed by atoms with Crippen LogP contribution >= 0.6 is 0 Å². The van der Waals surface area contributed by atoms with Crippen LogP contribution in [0.2, 0.25) is 0 Å². The van der Waals surface area contributed by atoms with Crippen LogP contribution in [0.4, 0.5) is 4.79 Å². The van der Waals surface area contributed by atoms with E-state index in [2.05, 4.69) is 15.7 Å². The SMILES string of the molecule is CC(C)C(O)CCNC(=O)NCCc1cnn(-c2ccccc2)c1. The number of nitrogens with one attached hydrogen (secondary N) is 2. The van der Waals surface area contributed by atoms with Gasteiger partial charge in [-0.15, -0.1) is 0 Å². The molecule has 2 amide bonds. The maximum atomic E-state index is 11.7. The van der Waals surface area contributed by atoms with Crippen molar-refractivity contribution in [3.63, 3.8) is 0 Å². The standard InChI is InChI=1S/C18H26N4O2/c1-14(2)17(23)9-11-20-18(24)19-10-8-15-12-21-22(13-15)16-6-4-3-5-7-16/h3-7,12-14,17,23H,8-11H2,1-2H3,(H2,19,20,24). The Morgan fingerprint density at radius 1 is 1.21 bits per heavy atom. The summed E-state index contributed by atoms with van der Waals surface area (Å²) in [5, 5.41) is 19.6. The minimum Gasteiger partial charge on any atom is -0.393 e. The Balaban J connectivity index is 1.67. The topological polar surface area (TPSA) is 79.2 Å². The molecule has 0 fully saturated rings. The van der Waals surface area contributed by atoms with Gasteiger partial charge in [-0.1, -0.05) is 32.0 Å². The van der Waals surface area contributed by atoms with Crippen LogP contribution in [0.15, 0.2) is 42.7 Å². The third-order valence-electron chi connectivity index (χ3n) is 3.85. The summed E-state index contributed by atoms with van der Waals surface area (Å²) >= 11 is 0. The highest BCUT2D eigenvalue weighted by Crippen LogP contribution is 2.07. The number of aliphatic hydroxyl groups excluding tert-OH is 1. The monoisotopic (exact) mass is 330 g/mol. The molecule has 1 atom stereocenters. The number of carbonyl (C=O) groups is 1. The second-order valence-electron chi connectivity index (χ2n) is 6.16. The fraction of sp³-hybridized carbons (Fsp3) is 0.444. The Kier molecular flexibility index (Phi) is 6.81. The number of aromatic nitrogens is 2. The van der Waals surface area contributed by atoms with Crippen LogP contribution in [-0.2, 0) is 6.42 Å². The van der Waals surface area contributed by atoms with Crippen LogP contribution in [0.3, 0.4) is 0 Å². The normalized spacial score (nSPS) is 12.2. The number of hydrogen-bond acceptors (Lipinski definition) is 3. The fourth-order valence-electron chi connectivity index (χ4n) is 2.26. The molecule has 0 radical (unpaired) electrons. The number of rotatable bonds is 8. The minimum atomic E-state index is -0.380. The van der Waals surface area contributed by atoms with E-state index in [0.717, 1.165) is 17.7 Å². The van der Waals surface area contributed by atoms with Gasteiger partial charge < -0.3 is 15.7 Å². The molecule has 0 aliphatic carbocycles. The first-order valence-corrected chi connectivity index (χ1v) is 8.35. The van der Waals surface area contributed by atoms with E-state index in [4.69, 9.17) is 0 Å². The molecule has 6 heteroatoms. The number of aliphatic hydroxyl groups is 1. The first-order chi connectivity index (χ1) is 11.6. The molecule has 24 heavy (non-hydrogen) atoms.